The number of benzene rings is 2. The standard InChI is InChI=1S/C21H18ClFN4O2/c22-15-4-8-17(9-5-15)24-20(28)18-12-19-21(29)26(10-1-11-27(19)25-18)13-14-2-6-16(23)7-3-14/h2-9,12H,1,10-11,13H2,(H,24,28). The van der Waals surface area contributed by atoms with E-state index >= 15 is 0 Å². The Hall–Kier alpha value is -3.19. The highest BCUT2D eigenvalue weighted by Crippen LogP contribution is 2.18. The van der Waals surface area contributed by atoms with Gasteiger partial charge in [0.05, 0.1) is 0 Å². The van der Waals surface area contributed by atoms with Crippen LogP contribution in [0.3, 0.4) is 0 Å². The van der Waals surface area contributed by atoms with Gasteiger partial charge in [0.2, 0.25) is 0 Å². The first-order valence-electron chi connectivity index (χ1n) is 9.18. The molecular formula is C21H18ClFN4O2. The van der Waals surface area contributed by atoms with Crippen LogP contribution in [0, 0.1) is 5.82 Å². The van der Waals surface area contributed by atoms with Crippen LogP contribution in [0.15, 0.2) is 54.6 Å². The van der Waals surface area contributed by atoms with E-state index in [1.54, 1.807) is 46.0 Å². The molecule has 0 spiro atoms. The van der Waals surface area contributed by atoms with Gasteiger partial charge in [0.1, 0.15) is 11.5 Å². The molecule has 0 saturated carbocycles. The molecule has 0 unspecified atom stereocenters. The van der Waals surface area contributed by atoms with E-state index in [-0.39, 0.29) is 17.4 Å². The molecule has 1 aromatic heterocycles. The highest BCUT2D eigenvalue weighted by Gasteiger charge is 2.26. The van der Waals surface area contributed by atoms with Crippen molar-refractivity contribution in [2.75, 3.05) is 11.9 Å². The molecule has 0 fully saturated rings. The average Bonchev–Trinajstić information content (AvgIpc) is 3.08. The molecule has 2 amide bonds. The fraction of sp³-hybridized carbons (Fsp3) is 0.190. The van der Waals surface area contributed by atoms with Gasteiger partial charge >= 0.3 is 0 Å². The third-order valence-electron chi connectivity index (χ3n) is 4.71. The van der Waals surface area contributed by atoms with Gasteiger partial charge in [0.15, 0.2) is 5.69 Å². The van der Waals surface area contributed by atoms with Crippen LogP contribution >= 0.6 is 11.6 Å². The molecule has 6 nitrogen and oxygen atoms in total. The summed E-state index contributed by atoms with van der Waals surface area (Å²) < 4.78 is 14.7. The van der Waals surface area contributed by atoms with Crippen molar-refractivity contribution < 1.29 is 14.0 Å². The molecule has 3 aromatic rings. The van der Waals surface area contributed by atoms with Crippen molar-refractivity contribution in [1.82, 2.24) is 14.7 Å². The SMILES string of the molecule is O=C(Nc1ccc(Cl)cc1)c1cc2n(n1)CCCN(Cc1ccc(F)cc1)C2=O. The summed E-state index contributed by atoms with van der Waals surface area (Å²) in [5.74, 6) is -0.916. The number of anilines is 1. The van der Waals surface area contributed by atoms with Gasteiger partial charge in [-0.1, -0.05) is 23.7 Å². The van der Waals surface area contributed by atoms with E-state index in [0.29, 0.717) is 42.5 Å². The zero-order chi connectivity index (χ0) is 20.4. The van der Waals surface area contributed by atoms with Gasteiger partial charge < -0.3 is 10.2 Å². The zero-order valence-electron chi connectivity index (χ0n) is 15.4. The van der Waals surface area contributed by atoms with Gasteiger partial charge in [-0.05, 0) is 48.4 Å². The first-order chi connectivity index (χ1) is 14.0. The Morgan fingerprint density at radius 2 is 1.83 bits per heavy atom. The molecule has 8 heteroatoms. The monoisotopic (exact) mass is 412 g/mol. The van der Waals surface area contributed by atoms with Crippen LogP contribution in [0.2, 0.25) is 5.02 Å². The van der Waals surface area contributed by atoms with Crippen LogP contribution in [0.1, 0.15) is 33.0 Å². The van der Waals surface area contributed by atoms with Crippen LogP contribution in [-0.2, 0) is 13.1 Å². The molecule has 0 radical (unpaired) electrons. The molecule has 0 atom stereocenters. The number of fused-ring (bicyclic) bond motifs is 1. The lowest BCUT2D eigenvalue weighted by molar-refractivity contribution is 0.0745. The zero-order valence-corrected chi connectivity index (χ0v) is 16.2. The lowest BCUT2D eigenvalue weighted by atomic mass is 10.2. The Kier molecular flexibility index (Phi) is 5.31. The second-order valence-corrected chi connectivity index (χ2v) is 7.24. The summed E-state index contributed by atoms with van der Waals surface area (Å²) in [6.07, 6.45) is 0.708. The van der Waals surface area contributed by atoms with Crippen LogP contribution in [-0.4, -0.2) is 33.0 Å². The second-order valence-electron chi connectivity index (χ2n) is 6.81. The molecule has 0 bridgehead atoms. The molecule has 0 saturated heterocycles. The van der Waals surface area contributed by atoms with Crippen molar-refractivity contribution in [2.45, 2.75) is 19.5 Å². The molecule has 4 rings (SSSR count). The van der Waals surface area contributed by atoms with Crippen molar-refractivity contribution in [3.63, 3.8) is 0 Å². The third-order valence-corrected chi connectivity index (χ3v) is 4.96. The maximum absolute atomic E-state index is 13.1. The van der Waals surface area contributed by atoms with Gasteiger partial charge in [-0.2, -0.15) is 5.10 Å². The number of halogens is 2. The average molecular weight is 413 g/mol. The molecule has 1 N–H and O–H groups in total. The predicted molar refractivity (Wildman–Crippen MR) is 107 cm³/mol. The number of hydrogen-bond acceptors (Lipinski definition) is 3. The number of nitrogens with one attached hydrogen (secondary N) is 1. The predicted octanol–water partition coefficient (Wildman–Crippen LogP) is 3.97. The third kappa shape index (κ3) is 4.30. The van der Waals surface area contributed by atoms with E-state index in [4.69, 9.17) is 11.6 Å². The Morgan fingerprint density at radius 1 is 1.10 bits per heavy atom. The van der Waals surface area contributed by atoms with E-state index in [1.165, 1.54) is 18.2 Å². The highest BCUT2D eigenvalue weighted by atomic mass is 35.5. The first-order valence-corrected chi connectivity index (χ1v) is 9.56. The summed E-state index contributed by atoms with van der Waals surface area (Å²) in [7, 11) is 0. The Bertz CT molecular complexity index is 1050. The Balaban J connectivity index is 1.52. The van der Waals surface area contributed by atoms with E-state index in [1.807, 2.05) is 0 Å². The maximum atomic E-state index is 13.1. The van der Waals surface area contributed by atoms with E-state index in [0.717, 1.165) is 5.56 Å². The minimum Gasteiger partial charge on any atom is -0.333 e. The topological polar surface area (TPSA) is 67.2 Å². The smallest absolute Gasteiger partial charge is 0.276 e. The fourth-order valence-corrected chi connectivity index (χ4v) is 3.36. The van der Waals surface area contributed by atoms with Crippen LogP contribution < -0.4 is 5.32 Å². The lowest BCUT2D eigenvalue weighted by Crippen LogP contribution is -2.30. The summed E-state index contributed by atoms with van der Waals surface area (Å²) in [5.41, 5.74) is 1.97. The Labute approximate surface area is 171 Å². The molecule has 29 heavy (non-hydrogen) atoms. The molecule has 1 aliphatic rings. The van der Waals surface area contributed by atoms with Gasteiger partial charge in [0.25, 0.3) is 11.8 Å². The van der Waals surface area contributed by atoms with Crippen LogP contribution in [0.5, 0.6) is 0 Å². The summed E-state index contributed by atoms with van der Waals surface area (Å²) in [6.45, 7) is 1.47. The minimum absolute atomic E-state index is 0.173. The van der Waals surface area contributed by atoms with Gasteiger partial charge in [-0.15, -0.1) is 0 Å². The number of hydrogen-bond donors (Lipinski definition) is 1. The number of carbonyl (C=O) groups excluding carboxylic acids is 2. The fourth-order valence-electron chi connectivity index (χ4n) is 3.23. The second kappa shape index (κ2) is 8.05. The molecule has 148 valence electrons. The molecule has 0 aliphatic carbocycles. The first kappa shape index (κ1) is 19.1. The quantitative estimate of drug-likeness (QED) is 0.705. The van der Waals surface area contributed by atoms with Crippen molar-refractivity contribution >= 4 is 29.1 Å². The van der Waals surface area contributed by atoms with Gasteiger partial charge in [0, 0.05) is 36.4 Å². The van der Waals surface area contributed by atoms with Crippen LogP contribution in [0.4, 0.5) is 10.1 Å². The van der Waals surface area contributed by atoms with Crippen molar-refractivity contribution in [2.24, 2.45) is 0 Å². The summed E-state index contributed by atoms with van der Waals surface area (Å²) in [5, 5.41) is 7.63. The molecular weight excluding hydrogens is 395 g/mol. The van der Waals surface area contributed by atoms with E-state index in [9.17, 15) is 14.0 Å². The van der Waals surface area contributed by atoms with Gasteiger partial charge in [-0.3, -0.25) is 14.3 Å². The lowest BCUT2D eigenvalue weighted by Gasteiger charge is -2.20. The highest BCUT2D eigenvalue weighted by molar-refractivity contribution is 6.30. The molecule has 1 aliphatic heterocycles. The number of aryl methyl sites for hydroxylation is 1. The summed E-state index contributed by atoms with van der Waals surface area (Å²) in [4.78, 5) is 27.2. The summed E-state index contributed by atoms with van der Waals surface area (Å²) >= 11 is 5.86. The summed E-state index contributed by atoms with van der Waals surface area (Å²) in [6, 6.07) is 14.3. The van der Waals surface area contributed by atoms with Crippen LogP contribution in [0.25, 0.3) is 0 Å². The number of carbonyl (C=O) groups is 2. The van der Waals surface area contributed by atoms with E-state index in [2.05, 4.69) is 10.4 Å². The number of nitrogens with zero attached hydrogens (tertiary/aromatic N) is 3. The molecule has 2 aromatic carbocycles. The van der Waals surface area contributed by atoms with Gasteiger partial charge in [-0.25, -0.2) is 4.39 Å². The van der Waals surface area contributed by atoms with Crippen molar-refractivity contribution in [3.05, 3.63) is 82.4 Å². The molecule has 2 heterocycles. The number of aromatic nitrogens is 2. The maximum Gasteiger partial charge on any atom is 0.276 e. The Morgan fingerprint density at radius 3 is 2.55 bits per heavy atom. The minimum atomic E-state index is -0.397. The number of amides is 2. The van der Waals surface area contributed by atoms with E-state index < -0.39 is 5.91 Å². The van der Waals surface area contributed by atoms with Crippen molar-refractivity contribution in [1.29, 1.82) is 0 Å². The largest absolute Gasteiger partial charge is 0.333 e. The normalized spacial score (nSPS) is 13.7. The van der Waals surface area contributed by atoms with Crippen molar-refractivity contribution in [3.8, 4) is 0 Å². The number of rotatable bonds is 4.